The van der Waals surface area contributed by atoms with Crippen LogP contribution in [-0.4, -0.2) is 37.1 Å². The highest BCUT2D eigenvalue weighted by atomic mass is 16.2. The van der Waals surface area contributed by atoms with Crippen molar-refractivity contribution in [2.45, 2.75) is 64.0 Å². The van der Waals surface area contributed by atoms with Gasteiger partial charge in [0.05, 0.1) is 6.04 Å². The van der Waals surface area contributed by atoms with Crippen LogP contribution in [0.2, 0.25) is 0 Å². The number of likely N-dealkylation sites (tertiary alicyclic amines) is 1. The fourth-order valence-corrected chi connectivity index (χ4v) is 4.01. The molecule has 132 valence electrons. The van der Waals surface area contributed by atoms with Crippen molar-refractivity contribution in [3.05, 3.63) is 41.7 Å². The molecule has 1 saturated heterocycles. The second-order valence-corrected chi connectivity index (χ2v) is 7.00. The number of carbonyl (C=O) groups is 1. The Morgan fingerprint density at radius 1 is 1.12 bits per heavy atom. The first kappa shape index (κ1) is 16.2. The zero-order valence-corrected chi connectivity index (χ0v) is 14.6. The Morgan fingerprint density at radius 2 is 2.08 bits per heavy atom. The molecule has 0 bridgehead atoms. The maximum atomic E-state index is 12.8. The van der Waals surface area contributed by atoms with Crippen molar-refractivity contribution in [1.82, 2.24) is 24.6 Å². The molecule has 2 aliphatic rings. The summed E-state index contributed by atoms with van der Waals surface area (Å²) in [5.74, 6) is 2.31. The molecule has 6 nitrogen and oxygen atoms in total. The zero-order valence-electron chi connectivity index (χ0n) is 14.6. The first-order valence-corrected chi connectivity index (χ1v) is 9.44. The molecule has 1 amide bonds. The predicted octanol–water partition coefficient (Wildman–Crippen LogP) is 2.70. The highest BCUT2D eigenvalue weighted by Crippen LogP contribution is 2.32. The summed E-state index contributed by atoms with van der Waals surface area (Å²) >= 11 is 0. The molecule has 0 saturated carbocycles. The van der Waals surface area contributed by atoms with Crippen molar-refractivity contribution in [2.24, 2.45) is 0 Å². The van der Waals surface area contributed by atoms with Crippen molar-refractivity contribution in [3.8, 4) is 0 Å². The number of pyridine rings is 1. The minimum atomic E-state index is 0.0931. The molecular weight excluding hydrogens is 314 g/mol. The van der Waals surface area contributed by atoms with Gasteiger partial charge in [-0.2, -0.15) is 0 Å². The van der Waals surface area contributed by atoms with E-state index in [-0.39, 0.29) is 11.9 Å². The number of nitrogens with zero attached hydrogens (tertiary/aromatic N) is 5. The summed E-state index contributed by atoms with van der Waals surface area (Å²) < 4.78 is 2.28. The maximum absolute atomic E-state index is 12.8. The van der Waals surface area contributed by atoms with Crippen molar-refractivity contribution in [1.29, 1.82) is 0 Å². The Morgan fingerprint density at radius 3 is 2.96 bits per heavy atom. The first-order valence-electron chi connectivity index (χ1n) is 9.44. The Hall–Kier alpha value is -2.24. The molecule has 1 fully saturated rings. The van der Waals surface area contributed by atoms with Crippen LogP contribution in [0, 0.1) is 0 Å². The van der Waals surface area contributed by atoms with Gasteiger partial charge in [-0.15, -0.1) is 10.2 Å². The molecule has 2 aromatic rings. The van der Waals surface area contributed by atoms with Gasteiger partial charge in [0.1, 0.15) is 5.82 Å². The molecule has 2 aromatic heterocycles. The van der Waals surface area contributed by atoms with E-state index in [9.17, 15) is 4.79 Å². The van der Waals surface area contributed by atoms with Crippen LogP contribution in [-0.2, 0) is 24.2 Å². The molecule has 25 heavy (non-hydrogen) atoms. The quantitative estimate of drug-likeness (QED) is 0.859. The summed E-state index contributed by atoms with van der Waals surface area (Å²) in [4.78, 5) is 19.1. The van der Waals surface area contributed by atoms with Crippen LogP contribution >= 0.6 is 0 Å². The van der Waals surface area contributed by atoms with Crippen LogP contribution in [0.4, 0.5) is 0 Å². The minimum absolute atomic E-state index is 0.0931. The van der Waals surface area contributed by atoms with Gasteiger partial charge in [-0.25, -0.2) is 0 Å². The van der Waals surface area contributed by atoms with Crippen LogP contribution in [0.15, 0.2) is 24.4 Å². The second kappa shape index (κ2) is 7.33. The van der Waals surface area contributed by atoms with Gasteiger partial charge in [0, 0.05) is 37.8 Å². The molecule has 0 radical (unpaired) electrons. The molecule has 4 rings (SSSR count). The molecule has 0 aliphatic carbocycles. The lowest BCUT2D eigenvalue weighted by atomic mass is 10.1. The van der Waals surface area contributed by atoms with Gasteiger partial charge in [-0.05, 0) is 44.2 Å². The maximum Gasteiger partial charge on any atom is 0.223 e. The number of hydrogen-bond donors (Lipinski definition) is 0. The SMILES string of the molecule is O=C(CCc1ccccn1)N1CCC[C@H]1c1nnc2n1CCCCC2. The Balaban J connectivity index is 1.47. The van der Waals surface area contributed by atoms with Crippen molar-refractivity contribution in [3.63, 3.8) is 0 Å². The van der Waals surface area contributed by atoms with E-state index >= 15 is 0 Å². The molecule has 4 heterocycles. The summed E-state index contributed by atoms with van der Waals surface area (Å²) in [5, 5.41) is 8.89. The van der Waals surface area contributed by atoms with E-state index in [1.165, 1.54) is 19.3 Å². The number of fused-ring (bicyclic) bond motifs is 1. The molecule has 0 spiro atoms. The van der Waals surface area contributed by atoms with Gasteiger partial charge < -0.3 is 9.47 Å². The summed E-state index contributed by atoms with van der Waals surface area (Å²) in [6, 6.07) is 5.94. The van der Waals surface area contributed by atoms with Crippen LogP contribution < -0.4 is 0 Å². The standard InChI is InChI=1S/C19H25N5O/c25-18(11-10-15-7-3-4-12-20-15)23-14-6-8-16(23)19-22-21-17-9-2-1-5-13-24(17)19/h3-4,7,12,16H,1-2,5-6,8-11,13-14H2/t16-/m0/s1. The first-order chi connectivity index (χ1) is 12.3. The lowest BCUT2D eigenvalue weighted by Crippen LogP contribution is -2.32. The van der Waals surface area contributed by atoms with Gasteiger partial charge in [0.25, 0.3) is 0 Å². The number of hydrogen-bond acceptors (Lipinski definition) is 4. The smallest absolute Gasteiger partial charge is 0.223 e. The van der Waals surface area contributed by atoms with Gasteiger partial charge in [0.2, 0.25) is 5.91 Å². The third kappa shape index (κ3) is 3.43. The fraction of sp³-hybridized carbons (Fsp3) is 0.579. The summed E-state index contributed by atoms with van der Waals surface area (Å²) in [6.07, 6.45) is 9.65. The number of aryl methyl sites for hydroxylation is 2. The van der Waals surface area contributed by atoms with Gasteiger partial charge in [-0.3, -0.25) is 9.78 Å². The van der Waals surface area contributed by atoms with E-state index in [1.807, 2.05) is 23.1 Å². The van der Waals surface area contributed by atoms with Gasteiger partial charge in [-0.1, -0.05) is 12.5 Å². The average Bonchev–Trinajstić information content (AvgIpc) is 3.21. The summed E-state index contributed by atoms with van der Waals surface area (Å²) in [5.41, 5.74) is 0.975. The second-order valence-electron chi connectivity index (χ2n) is 7.00. The molecular formula is C19H25N5O. The number of rotatable bonds is 4. The molecule has 6 heteroatoms. The normalized spacial score (nSPS) is 20.3. The average molecular weight is 339 g/mol. The predicted molar refractivity (Wildman–Crippen MR) is 93.8 cm³/mol. The summed E-state index contributed by atoms with van der Waals surface area (Å²) in [7, 11) is 0. The Kier molecular flexibility index (Phi) is 4.76. The third-order valence-corrected chi connectivity index (χ3v) is 5.33. The van der Waals surface area contributed by atoms with Gasteiger partial charge >= 0.3 is 0 Å². The highest BCUT2D eigenvalue weighted by Gasteiger charge is 2.34. The largest absolute Gasteiger partial charge is 0.332 e. The van der Waals surface area contributed by atoms with Crippen molar-refractivity contribution < 1.29 is 4.79 Å². The van der Waals surface area contributed by atoms with E-state index < -0.39 is 0 Å². The zero-order chi connectivity index (χ0) is 17.1. The van der Waals surface area contributed by atoms with Crippen LogP contribution in [0.5, 0.6) is 0 Å². The van der Waals surface area contributed by atoms with Crippen molar-refractivity contribution >= 4 is 5.91 Å². The monoisotopic (exact) mass is 339 g/mol. The van der Waals surface area contributed by atoms with E-state index in [2.05, 4.69) is 19.7 Å². The lowest BCUT2D eigenvalue weighted by Gasteiger charge is -2.24. The third-order valence-electron chi connectivity index (χ3n) is 5.33. The molecule has 0 aromatic carbocycles. The van der Waals surface area contributed by atoms with Crippen molar-refractivity contribution in [2.75, 3.05) is 6.54 Å². The van der Waals surface area contributed by atoms with E-state index in [0.717, 1.165) is 49.7 Å². The van der Waals surface area contributed by atoms with E-state index in [1.54, 1.807) is 6.20 Å². The topological polar surface area (TPSA) is 63.9 Å². The number of aromatic nitrogens is 4. The molecule has 1 atom stereocenters. The van der Waals surface area contributed by atoms with Gasteiger partial charge in [0.15, 0.2) is 5.82 Å². The lowest BCUT2D eigenvalue weighted by molar-refractivity contribution is -0.132. The number of amides is 1. The van der Waals surface area contributed by atoms with Crippen LogP contribution in [0.25, 0.3) is 0 Å². The van der Waals surface area contributed by atoms with E-state index in [0.29, 0.717) is 12.8 Å². The molecule has 0 N–H and O–H groups in total. The number of carbonyl (C=O) groups excluding carboxylic acids is 1. The highest BCUT2D eigenvalue weighted by molar-refractivity contribution is 5.77. The Labute approximate surface area is 148 Å². The Bertz CT molecular complexity index is 727. The van der Waals surface area contributed by atoms with Crippen LogP contribution in [0.1, 0.15) is 61.9 Å². The minimum Gasteiger partial charge on any atom is -0.332 e. The van der Waals surface area contributed by atoms with E-state index in [4.69, 9.17) is 0 Å². The van der Waals surface area contributed by atoms with Crippen LogP contribution in [0.3, 0.4) is 0 Å². The molecule has 0 unspecified atom stereocenters. The fourth-order valence-electron chi connectivity index (χ4n) is 4.01. The molecule has 2 aliphatic heterocycles. The summed E-state index contributed by atoms with van der Waals surface area (Å²) in [6.45, 7) is 1.82.